The molecular formula is C20H22N4O4. The molecule has 0 saturated carbocycles. The zero-order chi connectivity index (χ0) is 19.5. The lowest BCUT2D eigenvalue weighted by Crippen LogP contribution is -2.41. The summed E-state index contributed by atoms with van der Waals surface area (Å²) in [5.41, 5.74) is 2.07. The van der Waals surface area contributed by atoms with Crippen LogP contribution in [-0.4, -0.2) is 45.9 Å². The smallest absolute Gasteiger partial charge is 0.326 e. The van der Waals surface area contributed by atoms with Crippen molar-refractivity contribution in [2.45, 2.75) is 25.3 Å². The SMILES string of the molecule is O=C(NCCC(=O)N1CCC(n2c(=O)[nH]c3ccccc32)CC1)c1ccoc1. The first-order valence-corrected chi connectivity index (χ1v) is 9.41. The fourth-order valence-electron chi connectivity index (χ4n) is 3.75. The topological polar surface area (TPSA) is 100 Å². The minimum absolute atomic E-state index is 0.0113. The maximum absolute atomic E-state index is 12.4. The maximum Gasteiger partial charge on any atom is 0.326 e. The average Bonchev–Trinajstić information content (AvgIpc) is 3.35. The van der Waals surface area contributed by atoms with Crippen LogP contribution in [0.1, 0.15) is 35.7 Å². The molecule has 8 nitrogen and oxygen atoms in total. The van der Waals surface area contributed by atoms with Crippen molar-refractivity contribution >= 4 is 22.8 Å². The van der Waals surface area contributed by atoms with E-state index in [1.165, 1.54) is 12.5 Å². The summed E-state index contributed by atoms with van der Waals surface area (Å²) >= 11 is 0. The lowest BCUT2D eigenvalue weighted by molar-refractivity contribution is -0.132. The van der Waals surface area contributed by atoms with Crippen LogP contribution in [0.3, 0.4) is 0 Å². The Balaban J connectivity index is 1.30. The number of benzene rings is 1. The zero-order valence-electron chi connectivity index (χ0n) is 15.4. The molecule has 1 aliphatic rings. The third-order valence-electron chi connectivity index (χ3n) is 5.21. The Bertz CT molecular complexity index is 1030. The fraction of sp³-hybridized carbons (Fsp3) is 0.350. The third kappa shape index (κ3) is 3.58. The van der Waals surface area contributed by atoms with Crippen molar-refractivity contribution in [3.05, 3.63) is 58.9 Å². The highest BCUT2D eigenvalue weighted by molar-refractivity contribution is 5.94. The molecule has 2 aromatic heterocycles. The number of aromatic nitrogens is 2. The molecule has 0 radical (unpaired) electrons. The number of fused-ring (bicyclic) bond motifs is 1. The summed E-state index contributed by atoms with van der Waals surface area (Å²) in [5, 5.41) is 2.72. The van der Waals surface area contributed by atoms with Crippen LogP contribution >= 0.6 is 0 Å². The van der Waals surface area contributed by atoms with Crippen molar-refractivity contribution in [1.29, 1.82) is 0 Å². The number of carbonyl (C=O) groups is 2. The lowest BCUT2D eigenvalue weighted by atomic mass is 10.0. The van der Waals surface area contributed by atoms with Crippen molar-refractivity contribution in [3.63, 3.8) is 0 Å². The summed E-state index contributed by atoms with van der Waals surface area (Å²) in [6.07, 6.45) is 4.52. The summed E-state index contributed by atoms with van der Waals surface area (Å²) in [7, 11) is 0. The standard InChI is InChI=1S/C20H22N4O4/c25-18(5-9-21-19(26)14-8-12-28-13-14)23-10-6-15(7-11-23)24-17-4-2-1-3-16(17)22-20(24)27/h1-4,8,12-13,15H,5-7,9-11H2,(H,21,26)(H,22,27). The van der Waals surface area contributed by atoms with Gasteiger partial charge in [-0.15, -0.1) is 0 Å². The van der Waals surface area contributed by atoms with E-state index in [0.29, 0.717) is 18.7 Å². The van der Waals surface area contributed by atoms with Gasteiger partial charge < -0.3 is 19.6 Å². The van der Waals surface area contributed by atoms with Gasteiger partial charge in [0, 0.05) is 32.1 Å². The molecular weight excluding hydrogens is 360 g/mol. The number of amides is 2. The molecule has 0 unspecified atom stereocenters. The molecule has 8 heteroatoms. The van der Waals surface area contributed by atoms with E-state index < -0.39 is 0 Å². The van der Waals surface area contributed by atoms with Gasteiger partial charge in [-0.25, -0.2) is 4.79 Å². The van der Waals surface area contributed by atoms with E-state index in [0.717, 1.165) is 23.9 Å². The number of carbonyl (C=O) groups excluding carboxylic acids is 2. The fourth-order valence-corrected chi connectivity index (χ4v) is 3.75. The van der Waals surface area contributed by atoms with Gasteiger partial charge in [0.25, 0.3) is 5.91 Å². The quantitative estimate of drug-likeness (QED) is 0.704. The molecule has 3 aromatic rings. The third-order valence-corrected chi connectivity index (χ3v) is 5.21. The van der Waals surface area contributed by atoms with Crippen LogP contribution in [0.5, 0.6) is 0 Å². The van der Waals surface area contributed by atoms with E-state index in [4.69, 9.17) is 4.42 Å². The van der Waals surface area contributed by atoms with Crippen LogP contribution in [0.25, 0.3) is 11.0 Å². The number of nitrogens with one attached hydrogen (secondary N) is 2. The van der Waals surface area contributed by atoms with Gasteiger partial charge in [0.15, 0.2) is 0 Å². The highest BCUT2D eigenvalue weighted by Crippen LogP contribution is 2.25. The molecule has 1 aromatic carbocycles. The molecule has 2 N–H and O–H groups in total. The predicted molar refractivity (Wildman–Crippen MR) is 103 cm³/mol. The van der Waals surface area contributed by atoms with Gasteiger partial charge in [-0.1, -0.05) is 12.1 Å². The van der Waals surface area contributed by atoms with E-state index in [1.807, 2.05) is 28.8 Å². The lowest BCUT2D eigenvalue weighted by Gasteiger charge is -2.32. The number of H-pyrrole nitrogens is 1. The predicted octanol–water partition coefficient (Wildman–Crippen LogP) is 1.91. The molecule has 0 atom stereocenters. The molecule has 0 aliphatic carbocycles. The largest absolute Gasteiger partial charge is 0.472 e. The van der Waals surface area contributed by atoms with Gasteiger partial charge in [0.2, 0.25) is 5.91 Å². The van der Waals surface area contributed by atoms with E-state index in [9.17, 15) is 14.4 Å². The van der Waals surface area contributed by atoms with E-state index in [-0.39, 0.29) is 36.5 Å². The van der Waals surface area contributed by atoms with Gasteiger partial charge in [0.05, 0.1) is 22.9 Å². The molecule has 4 rings (SSSR count). The van der Waals surface area contributed by atoms with Crippen molar-refractivity contribution < 1.29 is 14.0 Å². The Kier molecular flexibility index (Phi) is 5.01. The van der Waals surface area contributed by atoms with Crippen molar-refractivity contribution in [1.82, 2.24) is 19.8 Å². The van der Waals surface area contributed by atoms with E-state index in [2.05, 4.69) is 10.3 Å². The molecule has 28 heavy (non-hydrogen) atoms. The average molecular weight is 382 g/mol. The van der Waals surface area contributed by atoms with Gasteiger partial charge in [0.1, 0.15) is 6.26 Å². The zero-order valence-corrected chi connectivity index (χ0v) is 15.4. The van der Waals surface area contributed by atoms with Crippen molar-refractivity contribution in [2.24, 2.45) is 0 Å². The van der Waals surface area contributed by atoms with Crippen LogP contribution in [0.4, 0.5) is 0 Å². The minimum Gasteiger partial charge on any atom is -0.472 e. The molecule has 1 fully saturated rings. The second-order valence-corrected chi connectivity index (χ2v) is 6.95. The van der Waals surface area contributed by atoms with Crippen LogP contribution in [0, 0.1) is 0 Å². The monoisotopic (exact) mass is 382 g/mol. The number of nitrogens with zero attached hydrogens (tertiary/aromatic N) is 2. The summed E-state index contributed by atoms with van der Waals surface area (Å²) in [6.45, 7) is 1.49. The minimum atomic E-state index is -0.251. The second-order valence-electron chi connectivity index (χ2n) is 6.95. The van der Waals surface area contributed by atoms with Gasteiger partial charge in [-0.05, 0) is 31.0 Å². The van der Waals surface area contributed by atoms with Crippen LogP contribution in [-0.2, 0) is 4.79 Å². The number of para-hydroxylation sites is 2. The number of imidazole rings is 1. The molecule has 1 aliphatic heterocycles. The summed E-state index contributed by atoms with van der Waals surface area (Å²) in [5.74, 6) is -0.240. The molecule has 2 amide bonds. The number of hydrogen-bond acceptors (Lipinski definition) is 4. The first-order chi connectivity index (χ1) is 13.6. The molecule has 3 heterocycles. The van der Waals surface area contributed by atoms with E-state index in [1.54, 1.807) is 11.0 Å². The number of piperidine rings is 1. The summed E-state index contributed by atoms with van der Waals surface area (Å²) in [6, 6.07) is 9.30. The van der Waals surface area contributed by atoms with Crippen LogP contribution in [0.15, 0.2) is 52.1 Å². The molecule has 146 valence electrons. The van der Waals surface area contributed by atoms with Crippen molar-refractivity contribution in [3.8, 4) is 0 Å². The summed E-state index contributed by atoms with van der Waals surface area (Å²) in [4.78, 5) is 41.3. The normalized spacial score (nSPS) is 15.1. The van der Waals surface area contributed by atoms with Gasteiger partial charge >= 0.3 is 5.69 Å². The number of hydrogen-bond donors (Lipinski definition) is 2. The molecule has 1 saturated heterocycles. The highest BCUT2D eigenvalue weighted by atomic mass is 16.3. The highest BCUT2D eigenvalue weighted by Gasteiger charge is 2.25. The van der Waals surface area contributed by atoms with Gasteiger partial charge in [-0.2, -0.15) is 0 Å². The summed E-state index contributed by atoms with van der Waals surface area (Å²) < 4.78 is 6.68. The Morgan fingerprint density at radius 1 is 1.18 bits per heavy atom. The maximum atomic E-state index is 12.4. The second kappa shape index (κ2) is 7.75. The number of furan rings is 1. The Morgan fingerprint density at radius 2 is 1.96 bits per heavy atom. The number of aromatic amines is 1. The van der Waals surface area contributed by atoms with Crippen LogP contribution in [0.2, 0.25) is 0 Å². The first-order valence-electron chi connectivity index (χ1n) is 9.41. The Labute approximate surface area is 161 Å². The van der Waals surface area contributed by atoms with Crippen molar-refractivity contribution in [2.75, 3.05) is 19.6 Å². The number of rotatable bonds is 5. The van der Waals surface area contributed by atoms with Gasteiger partial charge in [-0.3, -0.25) is 14.2 Å². The van der Waals surface area contributed by atoms with Crippen LogP contribution < -0.4 is 11.0 Å². The van der Waals surface area contributed by atoms with E-state index >= 15 is 0 Å². The molecule has 0 spiro atoms. The Hall–Kier alpha value is -3.29. The molecule has 0 bridgehead atoms. The first kappa shape index (κ1) is 18.1. The Morgan fingerprint density at radius 3 is 2.71 bits per heavy atom. The number of likely N-dealkylation sites (tertiary alicyclic amines) is 1.